The molecule has 0 radical (unpaired) electrons. The van der Waals surface area contributed by atoms with Crippen molar-refractivity contribution in [3.05, 3.63) is 60.2 Å². The summed E-state index contributed by atoms with van der Waals surface area (Å²) in [5, 5.41) is 0. The number of carbonyl (C=O) groups excluding carboxylic acids is 2. The second-order valence-corrected chi connectivity index (χ2v) is 9.39. The predicted octanol–water partition coefficient (Wildman–Crippen LogP) is 3.46. The SMILES string of the molecule is CCN(C(=O)[C@H](C)OC(=O)c1ccc(S(=O)(=O)N2CCCCC2)cc1)c1ccccc1. The van der Waals surface area contributed by atoms with Crippen LogP contribution in [-0.2, 0) is 19.6 Å². The molecule has 1 heterocycles. The molecule has 1 fully saturated rings. The van der Waals surface area contributed by atoms with Crippen LogP contribution in [0.15, 0.2) is 59.5 Å². The van der Waals surface area contributed by atoms with Crippen LogP contribution in [-0.4, -0.2) is 50.3 Å². The minimum absolute atomic E-state index is 0.149. The summed E-state index contributed by atoms with van der Waals surface area (Å²) in [6, 6.07) is 14.8. The molecule has 2 aromatic rings. The summed E-state index contributed by atoms with van der Waals surface area (Å²) in [7, 11) is -3.57. The van der Waals surface area contributed by atoms with E-state index < -0.39 is 22.1 Å². The summed E-state index contributed by atoms with van der Waals surface area (Å²) in [5.41, 5.74) is 0.921. The minimum Gasteiger partial charge on any atom is -0.449 e. The number of ether oxygens (including phenoxy) is 1. The van der Waals surface area contributed by atoms with Crippen LogP contribution in [0, 0.1) is 0 Å². The highest BCUT2D eigenvalue weighted by molar-refractivity contribution is 7.89. The Morgan fingerprint density at radius 2 is 1.61 bits per heavy atom. The highest BCUT2D eigenvalue weighted by Gasteiger charge is 2.27. The number of hydrogen-bond donors (Lipinski definition) is 0. The van der Waals surface area contributed by atoms with E-state index in [1.54, 1.807) is 4.90 Å². The van der Waals surface area contributed by atoms with Gasteiger partial charge in [0.1, 0.15) is 0 Å². The van der Waals surface area contributed by atoms with E-state index in [1.165, 1.54) is 35.5 Å². The standard InChI is InChI=1S/C23H28N2O5S/c1-3-25(20-10-6-4-7-11-20)22(26)18(2)30-23(27)19-12-14-21(15-13-19)31(28,29)24-16-8-5-9-17-24/h4,6-7,10-15,18H,3,5,8-9,16-17H2,1-2H3/t18-/m0/s1. The van der Waals surface area contributed by atoms with Gasteiger partial charge in [-0.15, -0.1) is 0 Å². The van der Waals surface area contributed by atoms with Gasteiger partial charge in [-0.25, -0.2) is 13.2 Å². The molecular weight excluding hydrogens is 416 g/mol. The van der Waals surface area contributed by atoms with Crippen molar-refractivity contribution in [2.45, 2.75) is 44.1 Å². The highest BCUT2D eigenvalue weighted by Crippen LogP contribution is 2.21. The first-order valence-corrected chi connectivity index (χ1v) is 12.0. The summed E-state index contributed by atoms with van der Waals surface area (Å²) in [4.78, 5) is 27.0. The van der Waals surface area contributed by atoms with Gasteiger partial charge in [0.2, 0.25) is 10.0 Å². The molecular formula is C23H28N2O5S. The molecule has 1 saturated heterocycles. The molecule has 31 heavy (non-hydrogen) atoms. The van der Waals surface area contributed by atoms with Crippen LogP contribution in [0.5, 0.6) is 0 Å². The molecule has 0 aromatic heterocycles. The average molecular weight is 445 g/mol. The van der Waals surface area contributed by atoms with E-state index >= 15 is 0 Å². The van der Waals surface area contributed by atoms with Crippen LogP contribution >= 0.6 is 0 Å². The first-order chi connectivity index (χ1) is 14.8. The predicted molar refractivity (Wildman–Crippen MR) is 118 cm³/mol. The normalized spacial score (nSPS) is 15.8. The number of likely N-dealkylation sites (N-methyl/N-ethyl adjacent to an activating group) is 1. The third-order valence-corrected chi connectivity index (χ3v) is 7.24. The molecule has 166 valence electrons. The van der Waals surface area contributed by atoms with Gasteiger partial charge in [0.05, 0.1) is 10.5 Å². The second-order valence-electron chi connectivity index (χ2n) is 7.45. The average Bonchev–Trinajstić information content (AvgIpc) is 2.80. The quantitative estimate of drug-likeness (QED) is 0.611. The first-order valence-electron chi connectivity index (χ1n) is 10.5. The molecule has 2 aromatic carbocycles. The number of esters is 1. The number of carbonyl (C=O) groups is 2. The molecule has 0 aliphatic carbocycles. The maximum atomic E-state index is 12.8. The molecule has 1 aliphatic rings. The minimum atomic E-state index is -3.57. The molecule has 0 unspecified atom stereocenters. The lowest BCUT2D eigenvalue weighted by atomic mass is 10.2. The van der Waals surface area contributed by atoms with Crippen molar-refractivity contribution in [1.82, 2.24) is 4.31 Å². The fourth-order valence-corrected chi connectivity index (χ4v) is 5.11. The molecule has 0 bridgehead atoms. The summed E-state index contributed by atoms with van der Waals surface area (Å²) >= 11 is 0. The van der Waals surface area contributed by atoms with E-state index in [9.17, 15) is 18.0 Å². The Hall–Kier alpha value is -2.71. The molecule has 1 amide bonds. The van der Waals surface area contributed by atoms with E-state index in [-0.39, 0.29) is 16.4 Å². The maximum absolute atomic E-state index is 12.8. The third kappa shape index (κ3) is 5.32. The smallest absolute Gasteiger partial charge is 0.338 e. The van der Waals surface area contributed by atoms with Gasteiger partial charge >= 0.3 is 5.97 Å². The molecule has 0 saturated carbocycles. The van der Waals surface area contributed by atoms with Gasteiger partial charge in [-0.2, -0.15) is 4.31 Å². The molecule has 0 N–H and O–H groups in total. The lowest BCUT2D eigenvalue weighted by molar-refractivity contribution is -0.126. The summed E-state index contributed by atoms with van der Waals surface area (Å²) < 4.78 is 32.3. The lowest BCUT2D eigenvalue weighted by Gasteiger charge is -2.26. The topological polar surface area (TPSA) is 84.0 Å². The fourth-order valence-electron chi connectivity index (χ4n) is 3.59. The molecule has 8 heteroatoms. The van der Waals surface area contributed by atoms with Crippen molar-refractivity contribution in [2.24, 2.45) is 0 Å². The Morgan fingerprint density at radius 1 is 1.00 bits per heavy atom. The van der Waals surface area contributed by atoms with E-state index in [0.717, 1.165) is 24.9 Å². The van der Waals surface area contributed by atoms with E-state index in [0.29, 0.717) is 19.6 Å². The van der Waals surface area contributed by atoms with Gasteiger partial charge in [-0.3, -0.25) is 4.79 Å². The number of rotatable bonds is 7. The van der Waals surface area contributed by atoms with Gasteiger partial charge in [0, 0.05) is 25.3 Å². The molecule has 0 spiro atoms. The summed E-state index contributed by atoms with van der Waals surface area (Å²) in [5.74, 6) is -1.00. The summed E-state index contributed by atoms with van der Waals surface area (Å²) in [6.07, 6.45) is 1.76. The largest absolute Gasteiger partial charge is 0.449 e. The van der Waals surface area contributed by atoms with Gasteiger partial charge < -0.3 is 9.64 Å². The van der Waals surface area contributed by atoms with Crippen molar-refractivity contribution in [2.75, 3.05) is 24.5 Å². The highest BCUT2D eigenvalue weighted by atomic mass is 32.2. The van der Waals surface area contributed by atoms with Gasteiger partial charge in [-0.05, 0) is 63.1 Å². The number of anilines is 1. The monoisotopic (exact) mass is 444 g/mol. The van der Waals surface area contributed by atoms with Crippen molar-refractivity contribution in [3.8, 4) is 0 Å². The number of para-hydroxylation sites is 1. The number of hydrogen-bond acceptors (Lipinski definition) is 5. The first kappa shape index (κ1) is 23.0. The van der Waals surface area contributed by atoms with Crippen LogP contribution in [0.25, 0.3) is 0 Å². The Labute approximate surface area is 183 Å². The maximum Gasteiger partial charge on any atom is 0.338 e. The van der Waals surface area contributed by atoms with Crippen LogP contribution in [0.4, 0.5) is 5.69 Å². The summed E-state index contributed by atoms with van der Waals surface area (Å²) in [6.45, 7) is 4.85. The second kappa shape index (κ2) is 10.1. The number of sulfonamides is 1. The Bertz CT molecular complexity index is 1000. The molecule has 7 nitrogen and oxygen atoms in total. The van der Waals surface area contributed by atoms with Gasteiger partial charge in [0.15, 0.2) is 6.10 Å². The van der Waals surface area contributed by atoms with Crippen LogP contribution in [0.1, 0.15) is 43.5 Å². The number of amides is 1. The lowest BCUT2D eigenvalue weighted by Crippen LogP contribution is -2.40. The Balaban J connectivity index is 1.67. The fraction of sp³-hybridized carbons (Fsp3) is 0.391. The molecule has 3 rings (SSSR count). The van der Waals surface area contributed by atoms with Crippen LogP contribution in [0.2, 0.25) is 0 Å². The van der Waals surface area contributed by atoms with Crippen molar-refractivity contribution >= 4 is 27.6 Å². The number of benzene rings is 2. The van der Waals surface area contributed by atoms with Gasteiger partial charge in [-0.1, -0.05) is 24.6 Å². The van der Waals surface area contributed by atoms with E-state index in [2.05, 4.69) is 0 Å². The zero-order valence-corrected chi connectivity index (χ0v) is 18.7. The molecule has 1 aliphatic heterocycles. The zero-order valence-electron chi connectivity index (χ0n) is 17.9. The Kier molecular flexibility index (Phi) is 7.46. The number of nitrogens with zero attached hydrogens (tertiary/aromatic N) is 2. The van der Waals surface area contributed by atoms with Crippen molar-refractivity contribution in [3.63, 3.8) is 0 Å². The van der Waals surface area contributed by atoms with Crippen LogP contribution < -0.4 is 4.90 Å². The van der Waals surface area contributed by atoms with Crippen molar-refractivity contribution < 1.29 is 22.7 Å². The Morgan fingerprint density at radius 3 is 2.19 bits per heavy atom. The number of piperidine rings is 1. The molecule has 1 atom stereocenters. The zero-order chi connectivity index (χ0) is 22.4. The third-order valence-electron chi connectivity index (χ3n) is 5.32. The van der Waals surface area contributed by atoms with E-state index in [4.69, 9.17) is 4.74 Å². The van der Waals surface area contributed by atoms with E-state index in [1.807, 2.05) is 37.3 Å². The van der Waals surface area contributed by atoms with Crippen molar-refractivity contribution in [1.29, 1.82) is 0 Å². The van der Waals surface area contributed by atoms with Gasteiger partial charge in [0.25, 0.3) is 5.91 Å². The van der Waals surface area contributed by atoms with Crippen LogP contribution in [0.3, 0.4) is 0 Å².